The number of hydrogen-bond donors (Lipinski definition) is 0. The van der Waals surface area contributed by atoms with E-state index >= 15 is 0 Å². The molecular weight excluding hydrogens is 1050 g/mol. The molecule has 0 aliphatic heterocycles. The molecule has 85 heavy (non-hydrogen) atoms. The van der Waals surface area contributed by atoms with Crippen molar-refractivity contribution in [3.05, 3.63) is 109 Å². The Labute approximate surface area is 524 Å². The highest BCUT2D eigenvalue weighted by atomic mass is 16.7. The molecule has 0 aromatic carbocycles. The second-order valence-electron chi connectivity index (χ2n) is 24.4. The van der Waals surface area contributed by atoms with Gasteiger partial charge in [0.2, 0.25) is 0 Å². The van der Waals surface area contributed by atoms with Crippen molar-refractivity contribution < 1.29 is 42.9 Å². The number of carbonyl (C=O) groups is 3. The number of nitrogens with zero attached hydrogens (tertiary/aromatic N) is 1. The zero-order chi connectivity index (χ0) is 61.9. The van der Waals surface area contributed by atoms with Gasteiger partial charge in [0.15, 0.2) is 12.4 Å². The molecule has 0 amide bonds. The molecule has 0 rings (SSSR count). The zero-order valence-corrected chi connectivity index (χ0v) is 55.7. The summed E-state index contributed by atoms with van der Waals surface area (Å²) in [5.74, 6) is -2.29. The first-order chi connectivity index (χ1) is 41.6. The topological polar surface area (TPSA) is 111 Å². The molecule has 2 atom stereocenters. The summed E-state index contributed by atoms with van der Waals surface area (Å²) in [6.07, 6.45) is 88.8. The van der Waals surface area contributed by atoms with E-state index in [9.17, 15) is 19.5 Å². The van der Waals surface area contributed by atoms with Gasteiger partial charge in [-0.25, -0.2) is 0 Å². The van der Waals surface area contributed by atoms with Crippen LogP contribution < -0.4 is 5.11 Å². The van der Waals surface area contributed by atoms with Crippen LogP contribution in [-0.2, 0) is 33.3 Å². The van der Waals surface area contributed by atoms with Crippen LogP contribution in [0.3, 0.4) is 0 Å². The molecular formula is C76H131NO8. The van der Waals surface area contributed by atoms with Crippen molar-refractivity contribution >= 4 is 17.9 Å². The van der Waals surface area contributed by atoms with Gasteiger partial charge in [-0.1, -0.05) is 309 Å². The zero-order valence-electron chi connectivity index (χ0n) is 55.7. The third-order valence-corrected chi connectivity index (χ3v) is 15.0. The number of quaternary nitrogens is 1. The summed E-state index contributed by atoms with van der Waals surface area (Å²) >= 11 is 0. The molecule has 0 saturated heterocycles. The highest BCUT2D eigenvalue weighted by molar-refractivity contribution is 5.70. The SMILES string of the molecule is CC/C=C\C/C=C\C/C=C\C/C=C\C/C=C\C/C=C\C/C=C\C/C=C\C/C=C\CCCCCCCCCC(=O)OC(COC(=O)CCCCCCCCCCCCCCCCCCCCCCCCCCC)COC(OCC[N+](C)(C)C)C(=O)[O-]. The van der Waals surface area contributed by atoms with Crippen LogP contribution >= 0.6 is 0 Å². The number of carboxylic acids is 1. The molecule has 0 aromatic rings. The van der Waals surface area contributed by atoms with Gasteiger partial charge >= 0.3 is 11.9 Å². The molecule has 0 fully saturated rings. The smallest absolute Gasteiger partial charge is 0.306 e. The molecule has 0 radical (unpaired) electrons. The van der Waals surface area contributed by atoms with Crippen molar-refractivity contribution in [1.82, 2.24) is 0 Å². The summed E-state index contributed by atoms with van der Waals surface area (Å²) in [5.41, 5.74) is 0. The molecule has 0 aromatic heterocycles. The van der Waals surface area contributed by atoms with Crippen LogP contribution in [0.4, 0.5) is 0 Å². The molecule has 0 heterocycles. The van der Waals surface area contributed by atoms with E-state index in [1.54, 1.807) is 0 Å². The monoisotopic (exact) mass is 1190 g/mol. The van der Waals surface area contributed by atoms with Crippen LogP contribution in [0.25, 0.3) is 0 Å². The predicted molar refractivity (Wildman–Crippen MR) is 361 cm³/mol. The number of rotatable bonds is 64. The van der Waals surface area contributed by atoms with Gasteiger partial charge in [0, 0.05) is 12.8 Å². The average molecular weight is 1190 g/mol. The summed E-state index contributed by atoms with van der Waals surface area (Å²) in [7, 11) is 5.93. The number of carboxylic acid groups (broad SMARTS) is 1. The Morgan fingerprint density at radius 2 is 0.671 bits per heavy atom. The van der Waals surface area contributed by atoms with E-state index in [1.165, 1.54) is 161 Å². The maximum Gasteiger partial charge on any atom is 0.306 e. The Morgan fingerprint density at radius 3 is 1.00 bits per heavy atom. The quantitative estimate of drug-likeness (QED) is 0.0195. The summed E-state index contributed by atoms with van der Waals surface area (Å²) in [6, 6.07) is 0. The van der Waals surface area contributed by atoms with Gasteiger partial charge in [-0.3, -0.25) is 9.59 Å². The van der Waals surface area contributed by atoms with Crippen molar-refractivity contribution in [2.24, 2.45) is 0 Å². The van der Waals surface area contributed by atoms with E-state index in [2.05, 4.69) is 123 Å². The summed E-state index contributed by atoms with van der Waals surface area (Å²) in [5, 5.41) is 11.8. The third kappa shape index (κ3) is 67.3. The van der Waals surface area contributed by atoms with Crippen LogP contribution in [0.15, 0.2) is 109 Å². The highest BCUT2D eigenvalue weighted by Gasteiger charge is 2.22. The Bertz CT molecular complexity index is 1760. The first-order valence-corrected chi connectivity index (χ1v) is 35.0. The average Bonchev–Trinajstić information content (AvgIpc) is 3.48. The lowest BCUT2D eigenvalue weighted by Gasteiger charge is -2.26. The van der Waals surface area contributed by atoms with Gasteiger partial charge in [0.1, 0.15) is 13.2 Å². The second kappa shape index (κ2) is 65.9. The Morgan fingerprint density at radius 1 is 0.365 bits per heavy atom. The van der Waals surface area contributed by atoms with Gasteiger partial charge in [-0.15, -0.1) is 0 Å². The Balaban J connectivity index is 4.18. The highest BCUT2D eigenvalue weighted by Crippen LogP contribution is 2.17. The fourth-order valence-electron chi connectivity index (χ4n) is 9.71. The normalized spacial score (nSPS) is 13.4. The number of carbonyl (C=O) groups excluding carboxylic acids is 3. The predicted octanol–water partition coefficient (Wildman–Crippen LogP) is 20.5. The summed E-state index contributed by atoms with van der Waals surface area (Å²) in [6.45, 7) is 4.65. The summed E-state index contributed by atoms with van der Waals surface area (Å²) in [4.78, 5) is 37.5. The largest absolute Gasteiger partial charge is 0.545 e. The molecule has 9 nitrogen and oxygen atoms in total. The van der Waals surface area contributed by atoms with E-state index in [-0.39, 0.29) is 38.6 Å². The second-order valence-corrected chi connectivity index (χ2v) is 24.4. The van der Waals surface area contributed by atoms with Crippen molar-refractivity contribution in [2.45, 2.75) is 309 Å². The molecule has 0 N–H and O–H groups in total. The molecule has 0 aliphatic carbocycles. The lowest BCUT2D eigenvalue weighted by Crippen LogP contribution is -2.44. The number of esters is 2. The van der Waals surface area contributed by atoms with E-state index in [4.69, 9.17) is 18.9 Å². The number of unbranched alkanes of at least 4 members (excludes halogenated alkanes) is 31. The number of likely N-dealkylation sites (N-methyl/N-ethyl adjacent to an activating group) is 1. The minimum absolute atomic E-state index is 0.142. The van der Waals surface area contributed by atoms with Crippen molar-refractivity contribution in [1.29, 1.82) is 0 Å². The maximum absolute atomic E-state index is 12.9. The molecule has 488 valence electrons. The van der Waals surface area contributed by atoms with Crippen molar-refractivity contribution in [2.75, 3.05) is 47.5 Å². The van der Waals surface area contributed by atoms with E-state index in [0.29, 0.717) is 17.4 Å². The minimum atomic E-state index is -1.63. The van der Waals surface area contributed by atoms with Crippen molar-refractivity contribution in [3.63, 3.8) is 0 Å². The van der Waals surface area contributed by atoms with Gasteiger partial charge in [-0.05, 0) is 83.5 Å². The molecule has 0 spiro atoms. The maximum atomic E-state index is 12.9. The van der Waals surface area contributed by atoms with Gasteiger partial charge in [-0.2, -0.15) is 0 Å². The number of hydrogen-bond acceptors (Lipinski definition) is 8. The van der Waals surface area contributed by atoms with Gasteiger partial charge < -0.3 is 33.3 Å². The fourth-order valence-corrected chi connectivity index (χ4v) is 9.71. The standard InChI is InChI=1S/C76H131NO8/c1-6-8-10-12-14-16-18-20-22-24-26-28-30-32-33-34-35-36-37-38-39-40-41-43-45-47-49-51-53-55-57-59-61-63-65-67-74(79)85-72(71-84-76(75(80)81)82-69-68-77(3,4)5)70-83-73(78)66-64-62-60-58-56-54-52-50-48-46-44-42-31-29-27-25-23-21-19-17-15-13-11-9-7-2/h8,10,14,16,20,22,26,28,32-33,35-36,38-39,41,43,47,49,72,76H,6-7,9,11-13,15,17-19,21,23-25,27,29-31,34,37,40,42,44-46,48,50-71H2,1-5H3/b10-8-,16-14-,22-20-,28-26-,33-32-,36-35-,39-38-,43-41-,49-47-. The van der Waals surface area contributed by atoms with E-state index < -0.39 is 24.3 Å². The Hall–Kier alpha value is -4.05. The van der Waals surface area contributed by atoms with Crippen LogP contribution in [0.5, 0.6) is 0 Å². The van der Waals surface area contributed by atoms with Crippen LogP contribution in [0.1, 0.15) is 296 Å². The molecule has 2 unspecified atom stereocenters. The van der Waals surface area contributed by atoms with Crippen LogP contribution in [0.2, 0.25) is 0 Å². The van der Waals surface area contributed by atoms with Gasteiger partial charge in [0.05, 0.1) is 40.3 Å². The van der Waals surface area contributed by atoms with Gasteiger partial charge in [0.25, 0.3) is 0 Å². The number of aliphatic carboxylic acids is 1. The fraction of sp³-hybridized carbons (Fsp3) is 0.724. The lowest BCUT2D eigenvalue weighted by molar-refractivity contribution is -0.870. The first-order valence-electron chi connectivity index (χ1n) is 35.0. The number of ether oxygens (including phenoxy) is 4. The van der Waals surface area contributed by atoms with Crippen molar-refractivity contribution in [3.8, 4) is 0 Å². The number of allylic oxidation sites excluding steroid dienone is 18. The van der Waals surface area contributed by atoms with Crippen LogP contribution in [-0.4, -0.2) is 82.3 Å². The van der Waals surface area contributed by atoms with Crippen LogP contribution in [0, 0.1) is 0 Å². The molecule has 0 aliphatic rings. The third-order valence-electron chi connectivity index (χ3n) is 15.0. The van der Waals surface area contributed by atoms with E-state index in [0.717, 1.165) is 103 Å². The minimum Gasteiger partial charge on any atom is -0.545 e. The van der Waals surface area contributed by atoms with E-state index in [1.807, 2.05) is 21.1 Å². The molecule has 9 heteroatoms. The molecule has 0 saturated carbocycles. The first kappa shape index (κ1) is 81.0. The molecule has 0 bridgehead atoms. The Kier molecular flexibility index (Phi) is 62.8. The summed E-state index contributed by atoms with van der Waals surface area (Å²) < 4.78 is 22.8. The lowest BCUT2D eigenvalue weighted by atomic mass is 10.0.